The fourth-order valence-electron chi connectivity index (χ4n) is 3.33. The molecule has 1 saturated heterocycles. The number of hydrogen-bond donors (Lipinski definition) is 2. The number of nitrogens with one attached hydrogen (secondary N) is 2. The number of carbonyl (C=O) groups is 2. The van der Waals surface area contributed by atoms with Gasteiger partial charge in [0, 0.05) is 13.1 Å². The molecule has 2 aliphatic rings. The van der Waals surface area contributed by atoms with Crippen LogP contribution < -0.4 is 15.4 Å². The Bertz CT molecular complexity index is 564. The van der Waals surface area contributed by atoms with E-state index < -0.39 is 0 Å². The summed E-state index contributed by atoms with van der Waals surface area (Å²) < 4.78 is 6.07. The number of ether oxygens (including phenoxy) is 1. The van der Waals surface area contributed by atoms with Crippen molar-refractivity contribution < 1.29 is 14.3 Å². The van der Waals surface area contributed by atoms with Crippen LogP contribution in [-0.2, 0) is 4.79 Å². The van der Waals surface area contributed by atoms with Gasteiger partial charge in [0.2, 0.25) is 5.91 Å². The van der Waals surface area contributed by atoms with Gasteiger partial charge in [-0.2, -0.15) is 0 Å². The summed E-state index contributed by atoms with van der Waals surface area (Å²) in [5.74, 6) is 0.722. The molecule has 0 bridgehead atoms. The van der Waals surface area contributed by atoms with E-state index in [9.17, 15) is 9.59 Å². The second-order valence-corrected chi connectivity index (χ2v) is 6.43. The van der Waals surface area contributed by atoms with Crippen LogP contribution in [0.2, 0.25) is 0 Å². The summed E-state index contributed by atoms with van der Waals surface area (Å²) in [4.78, 5) is 25.6. The van der Waals surface area contributed by atoms with Gasteiger partial charge in [-0.05, 0) is 37.8 Å². The molecular formula is C18H25N3O3. The van der Waals surface area contributed by atoms with Gasteiger partial charge < -0.3 is 20.3 Å². The number of amides is 3. The third kappa shape index (κ3) is 4.40. The molecule has 1 aliphatic carbocycles. The van der Waals surface area contributed by atoms with Gasteiger partial charge in [-0.3, -0.25) is 4.79 Å². The Balaban J connectivity index is 1.55. The number of nitrogens with zero attached hydrogens (tertiary/aromatic N) is 1. The Morgan fingerprint density at radius 2 is 2.00 bits per heavy atom. The Morgan fingerprint density at radius 3 is 2.79 bits per heavy atom. The van der Waals surface area contributed by atoms with E-state index >= 15 is 0 Å². The molecule has 1 aromatic rings. The summed E-state index contributed by atoms with van der Waals surface area (Å²) in [6.45, 7) is 1.43. The highest BCUT2D eigenvalue weighted by Gasteiger charge is 2.29. The first kappa shape index (κ1) is 16.6. The summed E-state index contributed by atoms with van der Waals surface area (Å²) >= 11 is 0. The quantitative estimate of drug-likeness (QED) is 0.866. The van der Waals surface area contributed by atoms with Crippen molar-refractivity contribution in [2.24, 2.45) is 0 Å². The van der Waals surface area contributed by atoms with E-state index in [-0.39, 0.29) is 30.6 Å². The lowest BCUT2D eigenvalue weighted by Gasteiger charge is -2.33. The van der Waals surface area contributed by atoms with Gasteiger partial charge >= 0.3 is 6.03 Å². The summed E-state index contributed by atoms with van der Waals surface area (Å²) in [6, 6.07) is 9.56. The van der Waals surface area contributed by atoms with Crippen molar-refractivity contribution in [3.63, 3.8) is 0 Å². The molecule has 0 radical (unpaired) electrons. The van der Waals surface area contributed by atoms with E-state index in [1.54, 1.807) is 4.90 Å². The normalized spacial score (nSPS) is 24.2. The molecule has 1 aromatic carbocycles. The first-order valence-corrected chi connectivity index (χ1v) is 8.76. The zero-order chi connectivity index (χ0) is 16.8. The maximum Gasteiger partial charge on any atom is 0.317 e. The van der Waals surface area contributed by atoms with Crippen LogP contribution in [0, 0.1) is 0 Å². The van der Waals surface area contributed by atoms with Crippen LogP contribution in [0.3, 0.4) is 0 Å². The molecule has 0 spiro atoms. The molecule has 3 rings (SSSR count). The highest BCUT2D eigenvalue weighted by Crippen LogP contribution is 2.23. The molecule has 1 heterocycles. The Hall–Kier alpha value is -2.24. The average Bonchev–Trinajstić information content (AvgIpc) is 2.60. The van der Waals surface area contributed by atoms with Crippen LogP contribution in [0.4, 0.5) is 4.79 Å². The minimum absolute atomic E-state index is 0.000641. The van der Waals surface area contributed by atoms with Gasteiger partial charge in [0.25, 0.3) is 0 Å². The standard InChI is InChI=1S/C18H25N3O3/c22-17(13-21-12-6-11-19-18(21)23)20-15-9-4-5-10-16(15)24-14-7-2-1-3-8-14/h1-3,7-8,15-16H,4-6,9-13H2,(H,19,23)(H,20,22)/t15-,16+/m1/s1. The second kappa shape index (κ2) is 8.04. The fourth-order valence-corrected chi connectivity index (χ4v) is 3.33. The van der Waals surface area contributed by atoms with Crippen molar-refractivity contribution >= 4 is 11.9 Å². The van der Waals surface area contributed by atoms with E-state index in [1.165, 1.54) is 0 Å². The molecule has 2 atom stereocenters. The minimum Gasteiger partial charge on any atom is -0.488 e. The van der Waals surface area contributed by atoms with Gasteiger partial charge in [0.05, 0.1) is 6.04 Å². The van der Waals surface area contributed by atoms with Gasteiger partial charge in [0.1, 0.15) is 18.4 Å². The zero-order valence-electron chi connectivity index (χ0n) is 13.9. The minimum atomic E-state index is -0.155. The average molecular weight is 331 g/mol. The lowest BCUT2D eigenvalue weighted by atomic mass is 9.92. The number of carbonyl (C=O) groups excluding carboxylic acids is 2. The first-order valence-electron chi connectivity index (χ1n) is 8.76. The summed E-state index contributed by atoms with van der Waals surface area (Å²) in [5.41, 5.74) is 0. The zero-order valence-corrected chi connectivity index (χ0v) is 13.9. The van der Waals surface area contributed by atoms with Crippen molar-refractivity contribution in [3.05, 3.63) is 30.3 Å². The molecule has 1 aliphatic heterocycles. The summed E-state index contributed by atoms with van der Waals surface area (Å²) in [6.07, 6.45) is 4.91. The van der Waals surface area contributed by atoms with Gasteiger partial charge in [-0.25, -0.2) is 4.79 Å². The SMILES string of the molecule is O=C(CN1CCCNC1=O)N[C@@H]1CCCC[C@@H]1Oc1ccccc1. The lowest BCUT2D eigenvalue weighted by molar-refractivity contribution is -0.123. The van der Waals surface area contributed by atoms with Crippen molar-refractivity contribution in [1.82, 2.24) is 15.5 Å². The van der Waals surface area contributed by atoms with Crippen LogP contribution in [-0.4, -0.2) is 48.6 Å². The topological polar surface area (TPSA) is 70.7 Å². The molecule has 2 fully saturated rings. The van der Waals surface area contributed by atoms with Gasteiger partial charge in [-0.1, -0.05) is 24.6 Å². The van der Waals surface area contributed by atoms with Crippen molar-refractivity contribution in [3.8, 4) is 5.75 Å². The Morgan fingerprint density at radius 1 is 1.21 bits per heavy atom. The predicted octanol–water partition coefficient (Wildman–Crippen LogP) is 1.91. The predicted molar refractivity (Wildman–Crippen MR) is 90.8 cm³/mol. The van der Waals surface area contributed by atoms with Crippen LogP contribution in [0.1, 0.15) is 32.1 Å². The highest BCUT2D eigenvalue weighted by molar-refractivity contribution is 5.84. The summed E-state index contributed by atoms with van der Waals surface area (Å²) in [5, 5.41) is 5.84. The Kier molecular flexibility index (Phi) is 5.56. The maximum absolute atomic E-state index is 12.3. The molecular weight excluding hydrogens is 306 g/mol. The second-order valence-electron chi connectivity index (χ2n) is 6.43. The molecule has 0 aromatic heterocycles. The van der Waals surface area contributed by atoms with Gasteiger partial charge in [-0.15, -0.1) is 0 Å². The third-order valence-electron chi connectivity index (χ3n) is 4.58. The molecule has 6 nitrogen and oxygen atoms in total. The van der Waals surface area contributed by atoms with E-state index in [0.717, 1.165) is 37.9 Å². The first-order chi connectivity index (χ1) is 11.7. The van der Waals surface area contributed by atoms with E-state index in [2.05, 4.69) is 10.6 Å². The summed E-state index contributed by atoms with van der Waals surface area (Å²) in [7, 11) is 0. The smallest absolute Gasteiger partial charge is 0.317 e. The van der Waals surface area contributed by atoms with Crippen molar-refractivity contribution in [2.45, 2.75) is 44.2 Å². The molecule has 0 unspecified atom stereocenters. The number of benzene rings is 1. The number of urea groups is 1. The van der Waals surface area contributed by atoms with Crippen molar-refractivity contribution in [2.75, 3.05) is 19.6 Å². The molecule has 3 amide bonds. The van der Waals surface area contributed by atoms with E-state index in [1.807, 2.05) is 30.3 Å². The maximum atomic E-state index is 12.3. The monoisotopic (exact) mass is 331 g/mol. The molecule has 130 valence electrons. The van der Waals surface area contributed by atoms with E-state index in [4.69, 9.17) is 4.74 Å². The molecule has 1 saturated carbocycles. The van der Waals surface area contributed by atoms with Gasteiger partial charge in [0.15, 0.2) is 0 Å². The van der Waals surface area contributed by atoms with Crippen LogP contribution >= 0.6 is 0 Å². The third-order valence-corrected chi connectivity index (χ3v) is 4.58. The van der Waals surface area contributed by atoms with Crippen LogP contribution in [0.25, 0.3) is 0 Å². The van der Waals surface area contributed by atoms with Crippen LogP contribution in [0.15, 0.2) is 30.3 Å². The number of hydrogen-bond acceptors (Lipinski definition) is 3. The van der Waals surface area contributed by atoms with E-state index in [0.29, 0.717) is 13.1 Å². The number of rotatable bonds is 5. The highest BCUT2D eigenvalue weighted by atomic mass is 16.5. The van der Waals surface area contributed by atoms with Crippen molar-refractivity contribution in [1.29, 1.82) is 0 Å². The lowest BCUT2D eigenvalue weighted by Crippen LogP contribution is -2.53. The largest absolute Gasteiger partial charge is 0.488 e. The molecule has 24 heavy (non-hydrogen) atoms. The number of para-hydroxylation sites is 1. The van der Waals surface area contributed by atoms with Crippen LogP contribution in [0.5, 0.6) is 5.75 Å². The fraction of sp³-hybridized carbons (Fsp3) is 0.556. The molecule has 6 heteroatoms. The Labute approximate surface area is 142 Å². The molecule has 2 N–H and O–H groups in total.